The Morgan fingerprint density at radius 1 is 1.26 bits per heavy atom. The number of carbonyl (C=O) groups excluding carboxylic acids is 3. The number of ether oxygens (including phenoxy) is 1. The third-order valence-corrected chi connectivity index (χ3v) is 5.43. The lowest BCUT2D eigenvalue weighted by Gasteiger charge is -2.26. The van der Waals surface area contributed by atoms with E-state index in [2.05, 4.69) is 12.2 Å². The number of amides is 3. The van der Waals surface area contributed by atoms with Gasteiger partial charge < -0.3 is 10.1 Å². The molecule has 1 saturated carbocycles. The van der Waals surface area contributed by atoms with E-state index in [1.54, 1.807) is 13.0 Å². The standard InChI is InChI=1S/C21H28N2O4/c1-14-5-3-8-18(11-14)27-13-16-6-4-7-17(12-16)22-21(26)15(2)23-19(24)9-10-20(23)25/h4,6-7,12,14-15,18H,3,5,8-11,13H2,1-2H3,(H,22,26)/t14-,15-,18+/m1/s1. The molecule has 27 heavy (non-hydrogen) atoms. The third-order valence-electron chi connectivity index (χ3n) is 5.43. The molecule has 1 N–H and O–H groups in total. The maximum atomic E-state index is 12.5. The van der Waals surface area contributed by atoms with Gasteiger partial charge in [-0.15, -0.1) is 0 Å². The molecular weight excluding hydrogens is 344 g/mol. The smallest absolute Gasteiger partial charge is 0.247 e. The van der Waals surface area contributed by atoms with Crippen LogP contribution in [0.5, 0.6) is 0 Å². The molecule has 3 amide bonds. The Kier molecular flexibility index (Phi) is 6.26. The fraction of sp³-hybridized carbons (Fsp3) is 0.571. The molecule has 1 aromatic carbocycles. The molecule has 6 heteroatoms. The maximum absolute atomic E-state index is 12.5. The van der Waals surface area contributed by atoms with E-state index in [1.165, 1.54) is 12.8 Å². The van der Waals surface area contributed by atoms with Crippen LogP contribution < -0.4 is 5.32 Å². The molecule has 3 rings (SSSR count). The average molecular weight is 372 g/mol. The molecule has 146 valence electrons. The van der Waals surface area contributed by atoms with Crippen LogP contribution in [0.15, 0.2) is 24.3 Å². The second kappa shape index (κ2) is 8.65. The summed E-state index contributed by atoms with van der Waals surface area (Å²) in [5.41, 5.74) is 1.64. The molecule has 1 aromatic rings. The van der Waals surface area contributed by atoms with Crippen LogP contribution in [-0.4, -0.2) is 34.8 Å². The normalized spacial score (nSPS) is 24.1. The van der Waals surface area contributed by atoms with E-state index < -0.39 is 6.04 Å². The number of nitrogens with zero attached hydrogens (tertiary/aromatic N) is 1. The van der Waals surface area contributed by atoms with Crippen molar-refractivity contribution in [3.63, 3.8) is 0 Å². The van der Waals surface area contributed by atoms with Crippen molar-refractivity contribution < 1.29 is 19.1 Å². The molecule has 1 aliphatic heterocycles. The largest absolute Gasteiger partial charge is 0.374 e. The van der Waals surface area contributed by atoms with Gasteiger partial charge in [0.15, 0.2) is 0 Å². The minimum atomic E-state index is -0.809. The van der Waals surface area contributed by atoms with Crippen LogP contribution in [0.4, 0.5) is 5.69 Å². The van der Waals surface area contributed by atoms with E-state index in [1.807, 2.05) is 18.2 Å². The van der Waals surface area contributed by atoms with Gasteiger partial charge in [0.1, 0.15) is 6.04 Å². The number of hydrogen-bond acceptors (Lipinski definition) is 4. The summed E-state index contributed by atoms with van der Waals surface area (Å²) < 4.78 is 6.05. The van der Waals surface area contributed by atoms with Crippen molar-refractivity contribution in [3.8, 4) is 0 Å². The lowest BCUT2D eigenvalue weighted by Crippen LogP contribution is -2.44. The Labute approximate surface area is 160 Å². The fourth-order valence-electron chi connectivity index (χ4n) is 3.87. The highest BCUT2D eigenvalue weighted by Crippen LogP contribution is 2.26. The second-order valence-electron chi connectivity index (χ2n) is 7.73. The second-order valence-corrected chi connectivity index (χ2v) is 7.73. The van der Waals surface area contributed by atoms with E-state index in [9.17, 15) is 14.4 Å². The summed E-state index contributed by atoms with van der Waals surface area (Å²) in [6.07, 6.45) is 5.38. The van der Waals surface area contributed by atoms with Crippen molar-refractivity contribution in [2.75, 3.05) is 5.32 Å². The van der Waals surface area contributed by atoms with Gasteiger partial charge in [-0.25, -0.2) is 0 Å². The van der Waals surface area contributed by atoms with Crippen molar-refractivity contribution in [2.45, 2.75) is 71.1 Å². The third kappa shape index (κ3) is 4.95. The van der Waals surface area contributed by atoms with Crippen molar-refractivity contribution in [3.05, 3.63) is 29.8 Å². The van der Waals surface area contributed by atoms with Gasteiger partial charge in [0.2, 0.25) is 17.7 Å². The molecule has 1 saturated heterocycles. The van der Waals surface area contributed by atoms with Gasteiger partial charge in [0, 0.05) is 18.5 Å². The lowest BCUT2D eigenvalue weighted by molar-refractivity contribution is -0.144. The van der Waals surface area contributed by atoms with Crippen molar-refractivity contribution in [1.82, 2.24) is 4.90 Å². The zero-order valence-corrected chi connectivity index (χ0v) is 16.1. The van der Waals surface area contributed by atoms with Crippen LogP contribution >= 0.6 is 0 Å². The summed E-state index contributed by atoms with van der Waals surface area (Å²) in [6, 6.07) is 6.71. The topological polar surface area (TPSA) is 75.7 Å². The Bertz CT molecular complexity index is 702. The summed E-state index contributed by atoms with van der Waals surface area (Å²) in [5, 5.41) is 2.80. The quantitative estimate of drug-likeness (QED) is 0.778. The minimum Gasteiger partial charge on any atom is -0.374 e. The molecule has 2 aliphatic rings. The monoisotopic (exact) mass is 372 g/mol. The first-order valence-corrected chi connectivity index (χ1v) is 9.80. The molecule has 0 spiro atoms. The highest BCUT2D eigenvalue weighted by atomic mass is 16.5. The molecule has 0 radical (unpaired) electrons. The number of rotatable bonds is 6. The first kappa shape index (κ1) is 19.5. The van der Waals surface area contributed by atoms with Crippen LogP contribution in [0.3, 0.4) is 0 Å². The molecule has 1 aliphatic carbocycles. The van der Waals surface area contributed by atoms with E-state index in [0.29, 0.717) is 24.3 Å². The number of likely N-dealkylation sites (tertiary alicyclic amines) is 1. The zero-order valence-electron chi connectivity index (χ0n) is 16.1. The van der Waals surface area contributed by atoms with Gasteiger partial charge in [-0.05, 0) is 43.4 Å². The highest BCUT2D eigenvalue weighted by molar-refractivity contribution is 6.07. The number of imide groups is 1. The number of benzene rings is 1. The summed E-state index contributed by atoms with van der Waals surface area (Å²) in [4.78, 5) is 37.1. The fourth-order valence-corrected chi connectivity index (χ4v) is 3.87. The lowest BCUT2D eigenvalue weighted by atomic mass is 9.89. The minimum absolute atomic E-state index is 0.184. The predicted molar refractivity (Wildman–Crippen MR) is 102 cm³/mol. The van der Waals surface area contributed by atoms with Crippen molar-refractivity contribution >= 4 is 23.4 Å². The van der Waals surface area contributed by atoms with Crippen LogP contribution in [0, 0.1) is 5.92 Å². The average Bonchev–Trinajstić information content (AvgIpc) is 2.98. The van der Waals surface area contributed by atoms with Gasteiger partial charge in [-0.3, -0.25) is 19.3 Å². The Hall–Kier alpha value is -2.21. The van der Waals surface area contributed by atoms with Crippen molar-refractivity contribution in [2.24, 2.45) is 5.92 Å². The van der Waals surface area contributed by atoms with Crippen LogP contribution in [0.1, 0.15) is 57.9 Å². The molecule has 2 fully saturated rings. The Morgan fingerprint density at radius 3 is 2.70 bits per heavy atom. The molecule has 0 aromatic heterocycles. The SMILES string of the molecule is C[C@@H]1CCC[C@H](OCc2cccc(NC(=O)[C@@H](C)N3C(=O)CCC3=O)c2)C1. The molecule has 0 unspecified atom stereocenters. The molecule has 6 nitrogen and oxygen atoms in total. The number of anilines is 1. The Morgan fingerprint density at radius 2 is 2.00 bits per heavy atom. The van der Waals surface area contributed by atoms with Gasteiger partial charge in [-0.1, -0.05) is 31.9 Å². The predicted octanol–water partition coefficient (Wildman–Crippen LogP) is 3.26. The zero-order chi connectivity index (χ0) is 19.4. The molecular formula is C21H28N2O4. The van der Waals surface area contributed by atoms with Gasteiger partial charge >= 0.3 is 0 Å². The maximum Gasteiger partial charge on any atom is 0.247 e. The van der Waals surface area contributed by atoms with E-state index in [-0.39, 0.29) is 30.6 Å². The number of nitrogens with one attached hydrogen (secondary N) is 1. The van der Waals surface area contributed by atoms with Crippen LogP contribution in [-0.2, 0) is 25.7 Å². The first-order chi connectivity index (χ1) is 12.9. The van der Waals surface area contributed by atoms with Gasteiger partial charge in [-0.2, -0.15) is 0 Å². The summed E-state index contributed by atoms with van der Waals surface area (Å²) >= 11 is 0. The van der Waals surface area contributed by atoms with E-state index >= 15 is 0 Å². The molecule has 0 bridgehead atoms. The number of hydrogen-bond donors (Lipinski definition) is 1. The van der Waals surface area contributed by atoms with Crippen LogP contribution in [0.2, 0.25) is 0 Å². The first-order valence-electron chi connectivity index (χ1n) is 9.80. The number of carbonyl (C=O) groups is 3. The van der Waals surface area contributed by atoms with E-state index in [4.69, 9.17) is 4.74 Å². The van der Waals surface area contributed by atoms with Gasteiger partial charge in [0.25, 0.3) is 0 Å². The van der Waals surface area contributed by atoms with Crippen molar-refractivity contribution in [1.29, 1.82) is 0 Å². The van der Waals surface area contributed by atoms with E-state index in [0.717, 1.165) is 23.3 Å². The molecule has 3 atom stereocenters. The van der Waals surface area contributed by atoms with Gasteiger partial charge in [0.05, 0.1) is 12.7 Å². The summed E-state index contributed by atoms with van der Waals surface area (Å²) in [5.74, 6) is -0.220. The van der Waals surface area contributed by atoms with Crippen LogP contribution in [0.25, 0.3) is 0 Å². The Balaban J connectivity index is 1.56. The molecule has 1 heterocycles. The summed E-state index contributed by atoms with van der Waals surface area (Å²) in [6.45, 7) is 4.36. The highest BCUT2D eigenvalue weighted by Gasteiger charge is 2.36. The summed E-state index contributed by atoms with van der Waals surface area (Å²) in [7, 11) is 0.